The van der Waals surface area contributed by atoms with Crippen molar-refractivity contribution in [3.8, 4) is 0 Å². The number of fused-ring (bicyclic) bond motifs is 3. The molecular formula is C19H29N. The van der Waals surface area contributed by atoms with Crippen molar-refractivity contribution < 1.29 is 0 Å². The summed E-state index contributed by atoms with van der Waals surface area (Å²) in [6, 6.07) is 9.92. The molecule has 20 heavy (non-hydrogen) atoms. The van der Waals surface area contributed by atoms with Crippen LogP contribution in [0.25, 0.3) is 0 Å². The van der Waals surface area contributed by atoms with Gasteiger partial charge in [0.05, 0.1) is 0 Å². The maximum atomic E-state index is 3.92. The summed E-state index contributed by atoms with van der Waals surface area (Å²) in [6.45, 7) is 3.52. The highest BCUT2D eigenvalue weighted by Crippen LogP contribution is 2.39. The molecule has 110 valence electrons. The Bertz CT molecular complexity index is 393. The molecule has 1 heteroatoms. The van der Waals surface area contributed by atoms with Gasteiger partial charge >= 0.3 is 0 Å². The minimum atomic E-state index is 0.782. The summed E-state index contributed by atoms with van der Waals surface area (Å²) in [7, 11) is 0. The van der Waals surface area contributed by atoms with E-state index in [2.05, 4.69) is 36.5 Å². The molecule has 0 aromatic heterocycles. The molecule has 0 saturated heterocycles. The van der Waals surface area contributed by atoms with Crippen LogP contribution in [-0.4, -0.2) is 12.6 Å². The lowest BCUT2D eigenvalue weighted by Gasteiger charge is -2.23. The van der Waals surface area contributed by atoms with Gasteiger partial charge in [0.15, 0.2) is 0 Å². The fourth-order valence-corrected chi connectivity index (χ4v) is 4.30. The Kier molecular flexibility index (Phi) is 4.77. The maximum absolute atomic E-state index is 3.92. The van der Waals surface area contributed by atoms with Gasteiger partial charge in [-0.25, -0.2) is 0 Å². The summed E-state index contributed by atoms with van der Waals surface area (Å²) in [5, 5.41) is 3.92. The van der Waals surface area contributed by atoms with Crippen LogP contribution in [0.2, 0.25) is 0 Å². The van der Waals surface area contributed by atoms with Crippen molar-refractivity contribution in [2.45, 2.75) is 64.3 Å². The van der Waals surface area contributed by atoms with E-state index < -0.39 is 0 Å². The van der Waals surface area contributed by atoms with Gasteiger partial charge in [0.2, 0.25) is 0 Å². The van der Waals surface area contributed by atoms with Crippen molar-refractivity contribution in [3.63, 3.8) is 0 Å². The van der Waals surface area contributed by atoms with Crippen molar-refractivity contribution in [2.75, 3.05) is 6.54 Å². The molecule has 0 aliphatic heterocycles. The third kappa shape index (κ3) is 3.09. The standard InChI is InChI=1S/C19H29N/c1-2-3-4-7-12-20-19-17-10-11-18(19)14-16-9-6-5-8-15(16)13-17/h5-6,8-9,17-20H,2-4,7,10-14H2,1H3. The molecule has 2 aliphatic carbocycles. The fourth-order valence-electron chi connectivity index (χ4n) is 4.30. The molecule has 2 bridgehead atoms. The molecule has 1 saturated carbocycles. The molecule has 1 N–H and O–H groups in total. The topological polar surface area (TPSA) is 12.0 Å². The van der Waals surface area contributed by atoms with Gasteiger partial charge in [-0.1, -0.05) is 50.5 Å². The van der Waals surface area contributed by atoms with Crippen molar-refractivity contribution >= 4 is 0 Å². The Morgan fingerprint density at radius 2 is 1.60 bits per heavy atom. The molecule has 2 aliphatic rings. The van der Waals surface area contributed by atoms with Gasteiger partial charge in [0.25, 0.3) is 0 Å². The van der Waals surface area contributed by atoms with Crippen molar-refractivity contribution in [1.29, 1.82) is 0 Å². The average molecular weight is 271 g/mol. The molecule has 0 amide bonds. The lowest BCUT2D eigenvalue weighted by molar-refractivity contribution is 0.339. The summed E-state index contributed by atoms with van der Waals surface area (Å²) in [5.74, 6) is 1.77. The normalized spacial score (nSPS) is 28.1. The quantitative estimate of drug-likeness (QED) is 0.758. The van der Waals surface area contributed by atoms with Gasteiger partial charge in [-0.15, -0.1) is 0 Å². The first kappa shape index (κ1) is 14.1. The van der Waals surface area contributed by atoms with Gasteiger partial charge < -0.3 is 5.32 Å². The zero-order valence-corrected chi connectivity index (χ0v) is 12.9. The van der Waals surface area contributed by atoms with Crippen LogP contribution in [0, 0.1) is 11.8 Å². The van der Waals surface area contributed by atoms with Gasteiger partial charge in [-0.2, -0.15) is 0 Å². The average Bonchev–Trinajstić information content (AvgIpc) is 2.74. The molecule has 1 aromatic rings. The van der Waals surface area contributed by atoms with E-state index in [1.807, 2.05) is 0 Å². The Balaban J connectivity index is 1.58. The Morgan fingerprint density at radius 1 is 0.950 bits per heavy atom. The summed E-state index contributed by atoms with van der Waals surface area (Å²) < 4.78 is 0. The third-order valence-corrected chi connectivity index (χ3v) is 5.42. The largest absolute Gasteiger partial charge is 0.313 e. The first-order valence-electron chi connectivity index (χ1n) is 8.68. The summed E-state index contributed by atoms with van der Waals surface area (Å²) in [4.78, 5) is 0. The minimum absolute atomic E-state index is 0.782. The van der Waals surface area contributed by atoms with Crippen LogP contribution < -0.4 is 5.32 Å². The van der Waals surface area contributed by atoms with E-state index in [9.17, 15) is 0 Å². The van der Waals surface area contributed by atoms with Crippen LogP contribution in [0.5, 0.6) is 0 Å². The van der Waals surface area contributed by atoms with E-state index in [0.29, 0.717) is 0 Å². The van der Waals surface area contributed by atoms with Crippen LogP contribution in [0.4, 0.5) is 0 Å². The molecule has 1 aromatic carbocycles. The highest BCUT2D eigenvalue weighted by Gasteiger charge is 2.38. The molecule has 0 heterocycles. The Hall–Kier alpha value is -0.820. The lowest BCUT2D eigenvalue weighted by Crippen LogP contribution is -2.38. The van der Waals surface area contributed by atoms with Crippen LogP contribution in [0.3, 0.4) is 0 Å². The summed E-state index contributed by atoms with van der Waals surface area (Å²) >= 11 is 0. The molecule has 0 spiro atoms. The first-order chi connectivity index (χ1) is 9.88. The molecule has 0 radical (unpaired) electrons. The highest BCUT2D eigenvalue weighted by molar-refractivity contribution is 5.30. The number of rotatable bonds is 6. The van der Waals surface area contributed by atoms with Gasteiger partial charge in [-0.3, -0.25) is 0 Å². The second kappa shape index (κ2) is 6.76. The zero-order chi connectivity index (χ0) is 13.8. The predicted octanol–water partition coefficient (Wildman–Crippen LogP) is 4.35. The second-order valence-electron chi connectivity index (χ2n) is 6.82. The van der Waals surface area contributed by atoms with Crippen molar-refractivity contribution in [1.82, 2.24) is 5.32 Å². The zero-order valence-electron chi connectivity index (χ0n) is 12.9. The fraction of sp³-hybridized carbons (Fsp3) is 0.684. The van der Waals surface area contributed by atoms with E-state index >= 15 is 0 Å². The molecule has 2 atom stereocenters. The van der Waals surface area contributed by atoms with E-state index in [4.69, 9.17) is 0 Å². The number of hydrogen-bond donors (Lipinski definition) is 1. The maximum Gasteiger partial charge on any atom is 0.0130 e. The number of nitrogens with one attached hydrogen (secondary N) is 1. The number of hydrogen-bond acceptors (Lipinski definition) is 1. The third-order valence-electron chi connectivity index (χ3n) is 5.42. The molecule has 3 rings (SSSR count). The van der Waals surface area contributed by atoms with E-state index in [1.165, 1.54) is 57.9 Å². The molecule has 1 nitrogen and oxygen atoms in total. The highest BCUT2D eigenvalue weighted by atomic mass is 14.9. The van der Waals surface area contributed by atoms with Crippen LogP contribution >= 0.6 is 0 Å². The number of unbranched alkanes of at least 4 members (excludes halogenated alkanes) is 3. The molecule has 1 fully saturated rings. The van der Waals surface area contributed by atoms with Crippen molar-refractivity contribution in [3.05, 3.63) is 35.4 Å². The predicted molar refractivity (Wildman–Crippen MR) is 86.0 cm³/mol. The SMILES string of the molecule is CCCCCCNC1C2CCC1Cc1ccccc1C2. The van der Waals surface area contributed by atoms with Crippen LogP contribution in [0.15, 0.2) is 24.3 Å². The summed E-state index contributed by atoms with van der Waals surface area (Å²) in [5.41, 5.74) is 3.25. The number of benzene rings is 1. The smallest absolute Gasteiger partial charge is 0.0130 e. The monoisotopic (exact) mass is 271 g/mol. The van der Waals surface area contributed by atoms with E-state index in [-0.39, 0.29) is 0 Å². The van der Waals surface area contributed by atoms with E-state index in [1.54, 1.807) is 11.1 Å². The van der Waals surface area contributed by atoms with Crippen molar-refractivity contribution in [2.24, 2.45) is 11.8 Å². The lowest BCUT2D eigenvalue weighted by atomic mass is 9.94. The Labute approximate surface area is 124 Å². The summed E-state index contributed by atoms with van der Waals surface area (Å²) in [6.07, 6.45) is 11.0. The first-order valence-corrected chi connectivity index (χ1v) is 8.68. The Morgan fingerprint density at radius 3 is 2.20 bits per heavy atom. The van der Waals surface area contributed by atoms with E-state index in [0.717, 1.165) is 17.9 Å². The van der Waals surface area contributed by atoms with Crippen LogP contribution in [-0.2, 0) is 12.8 Å². The second-order valence-corrected chi connectivity index (χ2v) is 6.82. The van der Waals surface area contributed by atoms with Crippen LogP contribution in [0.1, 0.15) is 56.6 Å². The minimum Gasteiger partial charge on any atom is -0.313 e. The van der Waals surface area contributed by atoms with Gasteiger partial charge in [0.1, 0.15) is 0 Å². The molecule has 2 unspecified atom stereocenters. The van der Waals surface area contributed by atoms with Gasteiger partial charge in [-0.05, 0) is 61.6 Å². The molecular weight excluding hydrogens is 242 g/mol. The van der Waals surface area contributed by atoms with Gasteiger partial charge in [0, 0.05) is 6.04 Å².